The Kier molecular flexibility index (Phi) is 4.65. The molecule has 2 rings (SSSR count). The van der Waals surface area contributed by atoms with Gasteiger partial charge in [-0.1, -0.05) is 44.9 Å². The minimum atomic E-state index is 0.436. The Labute approximate surface area is 111 Å². The molecule has 0 amide bonds. The van der Waals surface area contributed by atoms with Crippen molar-refractivity contribution in [1.29, 1.82) is 0 Å². The van der Waals surface area contributed by atoms with Crippen LogP contribution in [0.3, 0.4) is 0 Å². The molecule has 1 aromatic carbocycles. The van der Waals surface area contributed by atoms with Crippen molar-refractivity contribution in [2.45, 2.75) is 45.6 Å². The third-order valence-corrected chi connectivity index (χ3v) is 4.01. The first-order valence-electron chi connectivity index (χ1n) is 7.10. The second kappa shape index (κ2) is 6.24. The fourth-order valence-corrected chi connectivity index (χ4v) is 2.79. The summed E-state index contributed by atoms with van der Waals surface area (Å²) in [6.07, 6.45) is 5.38. The molecule has 2 heteroatoms. The number of benzene rings is 1. The summed E-state index contributed by atoms with van der Waals surface area (Å²) < 4.78 is 5.70. The normalized spacial score (nSPS) is 22.7. The number of rotatable bonds is 5. The van der Waals surface area contributed by atoms with Crippen molar-refractivity contribution in [2.75, 3.05) is 13.2 Å². The molecular weight excluding hydrogens is 222 g/mol. The van der Waals surface area contributed by atoms with Gasteiger partial charge in [-0.3, -0.25) is 0 Å². The van der Waals surface area contributed by atoms with Crippen molar-refractivity contribution in [3.05, 3.63) is 30.3 Å². The van der Waals surface area contributed by atoms with Gasteiger partial charge < -0.3 is 10.1 Å². The van der Waals surface area contributed by atoms with Crippen LogP contribution in [-0.4, -0.2) is 19.2 Å². The average molecular weight is 247 g/mol. The Morgan fingerprint density at radius 1 is 1.22 bits per heavy atom. The zero-order chi connectivity index (χ0) is 12.8. The molecule has 0 heterocycles. The Morgan fingerprint density at radius 3 is 2.72 bits per heavy atom. The largest absolute Gasteiger partial charge is 0.492 e. The van der Waals surface area contributed by atoms with E-state index in [0.717, 1.165) is 18.9 Å². The van der Waals surface area contributed by atoms with Crippen molar-refractivity contribution < 1.29 is 4.74 Å². The van der Waals surface area contributed by atoms with Gasteiger partial charge in [0.2, 0.25) is 0 Å². The van der Waals surface area contributed by atoms with E-state index in [2.05, 4.69) is 19.2 Å². The van der Waals surface area contributed by atoms with E-state index in [0.29, 0.717) is 11.5 Å². The van der Waals surface area contributed by atoms with Gasteiger partial charge in [0, 0.05) is 12.6 Å². The summed E-state index contributed by atoms with van der Waals surface area (Å²) in [5.41, 5.74) is 0.436. The summed E-state index contributed by atoms with van der Waals surface area (Å²) in [5, 5.41) is 3.66. The standard InChI is InChI=1S/C16H25NO/c1-16(2)11-7-6-10-15(16)17-12-13-18-14-8-4-3-5-9-14/h3-5,8-9,15,17H,6-7,10-13H2,1-2H3. The van der Waals surface area contributed by atoms with E-state index < -0.39 is 0 Å². The van der Waals surface area contributed by atoms with Crippen LogP contribution in [0.4, 0.5) is 0 Å². The van der Waals surface area contributed by atoms with Gasteiger partial charge in [-0.15, -0.1) is 0 Å². The zero-order valence-corrected chi connectivity index (χ0v) is 11.6. The number of para-hydroxylation sites is 1. The van der Waals surface area contributed by atoms with Crippen LogP contribution in [0.15, 0.2) is 30.3 Å². The molecule has 1 fully saturated rings. The fraction of sp³-hybridized carbons (Fsp3) is 0.625. The van der Waals surface area contributed by atoms with E-state index in [9.17, 15) is 0 Å². The topological polar surface area (TPSA) is 21.3 Å². The molecule has 1 atom stereocenters. The van der Waals surface area contributed by atoms with Crippen molar-refractivity contribution >= 4 is 0 Å². The van der Waals surface area contributed by atoms with E-state index >= 15 is 0 Å². The molecule has 0 saturated heterocycles. The molecule has 18 heavy (non-hydrogen) atoms. The van der Waals surface area contributed by atoms with E-state index in [4.69, 9.17) is 4.74 Å². The van der Waals surface area contributed by atoms with E-state index in [1.54, 1.807) is 0 Å². The van der Waals surface area contributed by atoms with Crippen LogP contribution in [0.1, 0.15) is 39.5 Å². The van der Waals surface area contributed by atoms with E-state index in [1.165, 1.54) is 25.7 Å². The highest BCUT2D eigenvalue weighted by Gasteiger charge is 2.31. The Bertz CT molecular complexity index is 347. The average Bonchev–Trinajstić information content (AvgIpc) is 2.37. The third kappa shape index (κ3) is 3.74. The van der Waals surface area contributed by atoms with Gasteiger partial charge in [0.15, 0.2) is 0 Å². The number of ether oxygens (including phenoxy) is 1. The number of nitrogens with one attached hydrogen (secondary N) is 1. The Hall–Kier alpha value is -1.02. The SMILES string of the molecule is CC1(C)CCCCC1NCCOc1ccccc1. The Morgan fingerprint density at radius 2 is 2.00 bits per heavy atom. The van der Waals surface area contributed by atoms with Crippen LogP contribution in [0.25, 0.3) is 0 Å². The van der Waals surface area contributed by atoms with Gasteiger partial charge in [-0.25, -0.2) is 0 Å². The second-order valence-corrected chi connectivity index (χ2v) is 5.90. The van der Waals surface area contributed by atoms with Crippen molar-refractivity contribution in [2.24, 2.45) is 5.41 Å². The maximum Gasteiger partial charge on any atom is 0.119 e. The van der Waals surface area contributed by atoms with Crippen molar-refractivity contribution in [1.82, 2.24) is 5.32 Å². The van der Waals surface area contributed by atoms with Crippen LogP contribution >= 0.6 is 0 Å². The van der Waals surface area contributed by atoms with E-state index in [-0.39, 0.29) is 0 Å². The van der Waals surface area contributed by atoms with Crippen molar-refractivity contribution in [3.63, 3.8) is 0 Å². The molecule has 1 aliphatic rings. The molecule has 0 bridgehead atoms. The molecular formula is C16H25NO. The first-order valence-corrected chi connectivity index (χ1v) is 7.10. The summed E-state index contributed by atoms with van der Waals surface area (Å²) in [7, 11) is 0. The van der Waals surface area contributed by atoms with Gasteiger partial charge in [0.25, 0.3) is 0 Å². The molecule has 1 aliphatic carbocycles. The van der Waals surface area contributed by atoms with Gasteiger partial charge in [0.05, 0.1) is 0 Å². The highest BCUT2D eigenvalue weighted by atomic mass is 16.5. The van der Waals surface area contributed by atoms with Gasteiger partial charge >= 0.3 is 0 Å². The lowest BCUT2D eigenvalue weighted by molar-refractivity contribution is 0.161. The molecule has 1 unspecified atom stereocenters. The molecule has 1 N–H and O–H groups in total. The van der Waals surface area contributed by atoms with Gasteiger partial charge in [-0.2, -0.15) is 0 Å². The molecule has 100 valence electrons. The van der Waals surface area contributed by atoms with Crippen LogP contribution in [0, 0.1) is 5.41 Å². The maximum atomic E-state index is 5.70. The van der Waals surface area contributed by atoms with Gasteiger partial charge in [-0.05, 0) is 30.4 Å². The predicted molar refractivity (Wildman–Crippen MR) is 76.0 cm³/mol. The molecule has 0 radical (unpaired) electrons. The van der Waals surface area contributed by atoms with Crippen LogP contribution < -0.4 is 10.1 Å². The summed E-state index contributed by atoms with van der Waals surface area (Å²) in [4.78, 5) is 0. The minimum absolute atomic E-state index is 0.436. The molecule has 2 nitrogen and oxygen atoms in total. The summed E-state index contributed by atoms with van der Waals surface area (Å²) in [6.45, 7) is 6.43. The molecule has 1 saturated carbocycles. The van der Waals surface area contributed by atoms with Crippen LogP contribution in [0.5, 0.6) is 5.75 Å². The first-order chi connectivity index (χ1) is 8.68. The summed E-state index contributed by atoms with van der Waals surface area (Å²) >= 11 is 0. The molecule has 1 aromatic rings. The molecule has 0 spiro atoms. The lowest BCUT2D eigenvalue weighted by Gasteiger charge is -2.39. The Balaban J connectivity index is 1.69. The minimum Gasteiger partial charge on any atom is -0.492 e. The smallest absolute Gasteiger partial charge is 0.119 e. The van der Waals surface area contributed by atoms with Crippen molar-refractivity contribution in [3.8, 4) is 5.75 Å². The van der Waals surface area contributed by atoms with Crippen LogP contribution in [-0.2, 0) is 0 Å². The third-order valence-electron chi connectivity index (χ3n) is 4.01. The summed E-state index contributed by atoms with van der Waals surface area (Å²) in [5.74, 6) is 0.960. The summed E-state index contributed by atoms with van der Waals surface area (Å²) in [6, 6.07) is 10.7. The fourth-order valence-electron chi connectivity index (χ4n) is 2.79. The van der Waals surface area contributed by atoms with Crippen LogP contribution in [0.2, 0.25) is 0 Å². The highest BCUT2D eigenvalue weighted by molar-refractivity contribution is 5.20. The lowest BCUT2D eigenvalue weighted by atomic mass is 9.73. The predicted octanol–water partition coefficient (Wildman–Crippen LogP) is 3.62. The number of hydrogen-bond acceptors (Lipinski definition) is 2. The molecule has 0 aliphatic heterocycles. The zero-order valence-electron chi connectivity index (χ0n) is 11.6. The second-order valence-electron chi connectivity index (χ2n) is 5.90. The quantitative estimate of drug-likeness (QED) is 0.802. The monoisotopic (exact) mass is 247 g/mol. The highest BCUT2D eigenvalue weighted by Crippen LogP contribution is 2.35. The van der Waals surface area contributed by atoms with Gasteiger partial charge in [0.1, 0.15) is 12.4 Å². The first kappa shape index (κ1) is 13.4. The molecule has 0 aromatic heterocycles. The lowest BCUT2D eigenvalue weighted by Crippen LogP contribution is -2.45. The maximum absolute atomic E-state index is 5.70. The number of hydrogen-bond donors (Lipinski definition) is 1. The van der Waals surface area contributed by atoms with E-state index in [1.807, 2.05) is 30.3 Å².